The van der Waals surface area contributed by atoms with Gasteiger partial charge in [-0.2, -0.15) is 0 Å². The van der Waals surface area contributed by atoms with Gasteiger partial charge < -0.3 is 28.4 Å². The molecular formula is C26H31NO10. The maximum atomic E-state index is 13.6. The lowest BCUT2D eigenvalue weighted by atomic mass is 9.72. The van der Waals surface area contributed by atoms with Crippen molar-refractivity contribution < 1.29 is 47.6 Å². The lowest BCUT2D eigenvalue weighted by Gasteiger charge is -2.40. The van der Waals surface area contributed by atoms with Crippen molar-refractivity contribution in [1.82, 2.24) is 4.90 Å². The Kier molecular flexibility index (Phi) is 7.56. The first-order valence-corrected chi connectivity index (χ1v) is 12.2. The highest BCUT2D eigenvalue weighted by molar-refractivity contribution is 6.46. The van der Waals surface area contributed by atoms with Crippen molar-refractivity contribution in [2.24, 2.45) is 5.41 Å². The van der Waals surface area contributed by atoms with Crippen LogP contribution in [0, 0.1) is 5.41 Å². The van der Waals surface area contributed by atoms with Gasteiger partial charge in [0.25, 0.3) is 5.91 Å². The summed E-state index contributed by atoms with van der Waals surface area (Å²) in [5, 5.41) is 0. The second-order valence-corrected chi connectivity index (χ2v) is 8.87. The molecule has 11 nitrogen and oxygen atoms in total. The smallest absolute Gasteiger partial charge is 0.329 e. The Morgan fingerprint density at radius 3 is 2.32 bits per heavy atom. The predicted octanol–water partition coefficient (Wildman–Crippen LogP) is 1.56. The largest absolute Gasteiger partial charge is 0.493 e. The predicted molar refractivity (Wildman–Crippen MR) is 127 cm³/mol. The number of rotatable bonds is 9. The minimum Gasteiger partial charge on any atom is -0.493 e. The van der Waals surface area contributed by atoms with E-state index in [0.717, 1.165) is 4.90 Å². The average Bonchev–Trinajstić information content (AvgIpc) is 3.43. The van der Waals surface area contributed by atoms with Gasteiger partial charge in [-0.25, -0.2) is 4.79 Å². The second kappa shape index (κ2) is 10.5. The number of fused-ring (bicyclic) bond motifs is 1. The van der Waals surface area contributed by atoms with Crippen LogP contribution in [0.3, 0.4) is 0 Å². The summed E-state index contributed by atoms with van der Waals surface area (Å²) < 4.78 is 32.8. The number of carbonyl (C=O) groups excluding carboxylic acids is 4. The number of hydrogen-bond donors (Lipinski definition) is 0. The van der Waals surface area contributed by atoms with Gasteiger partial charge in [0, 0.05) is 25.0 Å². The van der Waals surface area contributed by atoms with Gasteiger partial charge >= 0.3 is 11.9 Å². The molecule has 0 aromatic heterocycles. The van der Waals surface area contributed by atoms with E-state index in [0.29, 0.717) is 30.3 Å². The molecule has 4 rings (SSSR count). The van der Waals surface area contributed by atoms with Crippen LogP contribution in [0.15, 0.2) is 30.0 Å². The molecule has 1 aliphatic carbocycles. The number of nitrogens with zero attached hydrogens (tertiary/aromatic N) is 1. The van der Waals surface area contributed by atoms with E-state index < -0.39 is 40.9 Å². The van der Waals surface area contributed by atoms with Gasteiger partial charge in [0.15, 0.2) is 22.7 Å². The number of esters is 2. The Morgan fingerprint density at radius 2 is 1.70 bits per heavy atom. The molecule has 0 unspecified atom stereocenters. The van der Waals surface area contributed by atoms with Crippen LogP contribution in [-0.4, -0.2) is 81.0 Å². The molecule has 1 amide bonds. The number of ether oxygens (including phenoxy) is 6. The van der Waals surface area contributed by atoms with Crippen molar-refractivity contribution in [3.63, 3.8) is 0 Å². The summed E-state index contributed by atoms with van der Waals surface area (Å²) >= 11 is 0. The first-order valence-electron chi connectivity index (χ1n) is 12.2. The number of hydrogen-bond acceptors (Lipinski definition) is 10. The molecule has 1 spiro atoms. The summed E-state index contributed by atoms with van der Waals surface area (Å²) in [6, 6.07) is 3.85. The van der Waals surface area contributed by atoms with E-state index >= 15 is 0 Å². The van der Waals surface area contributed by atoms with Crippen molar-refractivity contribution in [2.75, 3.05) is 40.6 Å². The first kappa shape index (κ1) is 26.6. The van der Waals surface area contributed by atoms with Crippen LogP contribution in [0.1, 0.15) is 32.3 Å². The zero-order valence-corrected chi connectivity index (χ0v) is 21.4. The monoisotopic (exact) mass is 517 g/mol. The Morgan fingerprint density at radius 1 is 1.03 bits per heavy atom. The van der Waals surface area contributed by atoms with Crippen LogP contribution < -0.4 is 9.47 Å². The molecule has 2 saturated heterocycles. The van der Waals surface area contributed by atoms with E-state index in [2.05, 4.69) is 0 Å². The first-order chi connectivity index (χ1) is 17.8. The number of ketones is 1. The molecular weight excluding hydrogens is 486 g/mol. The second-order valence-electron chi connectivity index (χ2n) is 8.87. The molecule has 1 aromatic rings. The highest BCUT2D eigenvalue weighted by Crippen LogP contribution is 2.53. The van der Waals surface area contributed by atoms with Crippen molar-refractivity contribution in [3.05, 3.63) is 35.5 Å². The van der Waals surface area contributed by atoms with Crippen LogP contribution in [0.25, 0.3) is 0 Å². The molecule has 1 aromatic carbocycles. The number of benzene rings is 1. The summed E-state index contributed by atoms with van der Waals surface area (Å²) in [7, 11) is 2.99. The summed E-state index contributed by atoms with van der Waals surface area (Å²) in [6.07, 6.45) is 1.52. The van der Waals surface area contributed by atoms with Crippen LogP contribution in [0.5, 0.6) is 11.5 Å². The maximum absolute atomic E-state index is 13.6. The Balaban J connectivity index is 1.80. The third-order valence-corrected chi connectivity index (χ3v) is 6.82. The van der Waals surface area contributed by atoms with E-state index in [4.69, 9.17) is 28.4 Å². The van der Waals surface area contributed by atoms with E-state index in [1.807, 2.05) is 0 Å². The third-order valence-electron chi connectivity index (χ3n) is 6.82. The van der Waals surface area contributed by atoms with E-state index in [1.165, 1.54) is 14.2 Å². The Bertz CT molecular complexity index is 1120. The molecule has 0 radical (unpaired) electrons. The number of carbonyl (C=O) groups is 4. The molecule has 37 heavy (non-hydrogen) atoms. The van der Waals surface area contributed by atoms with Crippen molar-refractivity contribution in [1.29, 1.82) is 0 Å². The molecule has 0 bridgehead atoms. The SMILES string of the molecule is CCOC(=O)[C@@H](Cc1ccc(OC)c(OC)c1)N1C(=O)C(=O)[C@]2(C(=O)OCC)CC3(CC=C12)OCCO3. The fourth-order valence-electron chi connectivity index (χ4n) is 5.19. The summed E-state index contributed by atoms with van der Waals surface area (Å²) in [6.45, 7) is 3.89. The van der Waals surface area contributed by atoms with Gasteiger partial charge in [0.1, 0.15) is 6.04 Å². The lowest BCUT2D eigenvalue weighted by Crippen LogP contribution is -2.51. The average molecular weight is 518 g/mol. The van der Waals surface area contributed by atoms with Gasteiger partial charge in [-0.3, -0.25) is 19.3 Å². The highest BCUT2D eigenvalue weighted by Gasteiger charge is 2.68. The summed E-state index contributed by atoms with van der Waals surface area (Å²) in [5.74, 6) is -3.89. The van der Waals surface area contributed by atoms with Gasteiger partial charge in [-0.05, 0) is 31.5 Å². The van der Waals surface area contributed by atoms with E-state index in [-0.39, 0.29) is 38.2 Å². The molecule has 3 aliphatic rings. The zero-order chi connectivity index (χ0) is 26.8. The fourth-order valence-corrected chi connectivity index (χ4v) is 5.19. The fraction of sp³-hybridized carbons (Fsp3) is 0.538. The normalized spacial score (nSPS) is 22.9. The zero-order valence-electron chi connectivity index (χ0n) is 21.4. The van der Waals surface area contributed by atoms with Crippen LogP contribution >= 0.6 is 0 Å². The number of methoxy groups -OCH3 is 2. The van der Waals surface area contributed by atoms with Gasteiger partial charge in [0.05, 0.1) is 40.6 Å². The molecule has 0 N–H and O–H groups in total. The van der Waals surface area contributed by atoms with Crippen molar-refractivity contribution in [2.45, 2.75) is 44.9 Å². The lowest BCUT2D eigenvalue weighted by molar-refractivity contribution is -0.193. The molecule has 2 atom stereocenters. The van der Waals surface area contributed by atoms with Crippen LogP contribution in [0.4, 0.5) is 0 Å². The van der Waals surface area contributed by atoms with Crippen molar-refractivity contribution >= 4 is 23.6 Å². The van der Waals surface area contributed by atoms with E-state index in [9.17, 15) is 19.2 Å². The molecule has 11 heteroatoms. The molecule has 2 fully saturated rings. The standard InChI is InChI=1S/C26H31NO10/c1-5-34-23(30)17(13-16-7-8-18(32-3)19(14-16)33-4)27-20-9-10-25(36-11-12-37-25)15-26(20,21(28)22(27)29)24(31)35-6-2/h7-9,14,17H,5-6,10-13,15H2,1-4H3/t17-,26+/m1/s1. The van der Waals surface area contributed by atoms with Gasteiger partial charge in [-0.1, -0.05) is 12.1 Å². The van der Waals surface area contributed by atoms with Crippen molar-refractivity contribution in [3.8, 4) is 11.5 Å². The summed E-state index contributed by atoms with van der Waals surface area (Å²) in [4.78, 5) is 54.8. The summed E-state index contributed by atoms with van der Waals surface area (Å²) in [5.41, 5.74) is -1.28. The maximum Gasteiger partial charge on any atom is 0.329 e. The minimum atomic E-state index is -1.99. The Hall–Kier alpha value is -3.44. The molecule has 0 saturated carbocycles. The van der Waals surface area contributed by atoms with E-state index in [1.54, 1.807) is 38.1 Å². The van der Waals surface area contributed by atoms with Gasteiger partial charge in [0.2, 0.25) is 5.78 Å². The van der Waals surface area contributed by atoms with Crippen LogP contribution in [-0.2, 0) is 44.5 Å². The third kappa shape index (κ3) is 4.46. The minimum absolute atomic E-state index is 0.00298. The topological polar surface area (TPSA) is 127 Å². The molecule has 200 valence electrons. The number of amides is 1. The number of Topliss-reactive ketones (excluding diaryl/α,β-unsaturated/α-hetero) is 1. The highest BCUT2D eigenvalue weighted by atomic mass is 16.7. The van der Waals surface area contributed by atoms with Crippen LogP contribution in [0.2, 0.25) is 0 Å². The molecule has 2 heterocycles. The molecule has 2 aliphatic heterocycles. The van der Waals surface area contributed by atoms with Gasteiger partial charge in [-0.15, -0.1) is 0 Å². The number of likely N-dealkylation sites (tertiary alicyclic amines) is 1. The Labute approximate surface area is 214 Å². The quantitative estimate of drug-likeness (QED) is 0.270.